The van der Waals surface area contributed by atoms with Gasteiger partial charge < -0.3 is 15.0 Å². The summed E-state index contributed by atoms with van der Waals surface area (Å²) in [4.78, 5) is 29.1. The smallest absolute Gasteiger partial charge is 0.410 e. The number of hydrogen-bond acceptors (Lipinski definition) is 6. The molecule has 1 aromatic heterocycles. The number of fused-ring (bicyclic) bond motifs is 2. The molecule has 1 aromatic carbocycles. The topological polar surface area (TPSA) is 97.6 Å². The minimum Gasteiger partial charge on any atom is -0.449 e. The molecule has 2 aliphatic heterocycles. The maximum absolute atomic E-state index is 14.8. The molecule has 0 spiro atoms. The van der Waals surface area contributed by atoms with Crippen LogP contribution in [-0.2, 0) is 4.74 Å². The Balaban J connectivity index is 1.68. The number of pyridine rings is 1. The monoisotopic (exact) mass is 626 g/mol. The molecule has 3 aliphatic rings. The largest absolute Gasteiger partial charge is 0.449 e. The van der Waals surface area contributed by atoms with Gasteiger partial charge >= 0.3 is 11.8 Å². The number of nitrogens with one attached hydrogen (secondary N) is 1. The van der Waals surface area contributed by atoms with Gasteiger partial charge in [-0.05, 0) is 57.4 Å². The minimum absolute atomic E-state index is 0.0621. The summed E-state index contributed by atoms with van der Waals surface area (Å²) in [6.45, 7) is 2.89. The fourth-order valence-electron chi connectivity index (χ4n) is 4.18. The third kappa shape index (κ3) is 3.92. The van der Waals surface area contributed by atoms with E-state index in [1.165, 1.54) is 0 Å². The minimum atomic E-state index is -0.639. The summed E-state index contributed by atoms with van der Waals surface area (Å²) in [6, 6.07) is 1.25. The molecule has 3 heterocycles. The highest BCUT2D eigenvalue weighted by Crippen LogP contribution is 2.47. The molecule has 5 rings (SSSR count). The SMILES string of the molecule is CCCCOC(=O)N1CC2CC1C2Nc1c([N+](=O)[O-])c(Cl)nc2c(F)c(Br)c(I)cc12. The highest BCUT2D eigenvalue weighted by atomic mass is 127. The van der Waals surface area contributed by atoms with Crippen molar-refractivity contribution in [3.8, 4) is 0 Å². The number of carbonyl (C=O) groups excluding carboxylic acids is 1. The van der Waals surface area contributed by atoms with Crippen LogP contribution in [0, 0.1) is 25.4 Å². The van der Waals surface area contributed by atoms with E-state index < -0.39 is 21.6 Å². The molecule has 2 aromatic rings. The first-order valence-corrected chi connectivity index (χ1v) is 12.0. The standard InChI is InChI=1S/C19H18BrClFIN4O4/c1-2-3-4-31-19(28)26-7-8-5-11(26)14(8)24-16-9-6-10(23)12(20)13(22)15(9)25-18(21)17(16)27(29)30/h6,8,11,14H,2-5,7H2,1H3,(H,24,25). The fraction of sp³-hybridized carbons (Fsp3) is 0.474. The first kappa shape index (κ1) is 22.7. The van der Waals surface area contributed by atoms with E-state index in [0.717, 1.165) is 19.3 Å². The summed E-state index contributed by atoms with van der Waals surface area (Å²) in [7, 11) is 0. The Hall–Kier alpha value is -1.47. The lowest BCUT2D eigenvalue weighted by Crippen LogP contribution is -2.50. The van der Waals surface area contributed by atoms with Crippen molar-refractivity contribution >= 4 is 78.5 Å². The van der Waals surface area contributed by atoms with Crippen molar-refractivity contribution in [2.24, 2.45) is 5.92 Å². The van der Waals surface area contributed by atoms with Crippen LogP contribution in [0.4, 0.5) is 20.6 Å². The highest BCUT2D eigenvalue weighted by molar-refractivity contribution is 14.1. The number of nitrogens with zero attached hydrogens (tertiary/aromatic N) is 3. The van der Waals surface area contributed by atoms with Gasteiger partial charge in [0, 0.05) is 21.4 Å². The van der Waals surface area contributed by atoms with Gasteiger partial charge in [-0.15, -0.1) is 0 Å². The second kappa shape index (κ2) is 8.81. The summed E-state index contributed by atoms with van der Waals surface area (Å²) in [5, 5.41) is 14.8. The van der Waals surface area contributed by atoms with Crippen LogP contribution >= 0.6 is 50.1 Å². The van der Waals surface area contributed by atoms with Crippen LogP contribution in [0.15, 0.2) is 10.5 Å². The Bertz CT molecular complexity index is 1090. The summed E-state index contributed by atoms with van der Waals surface area (Å²) >= 11 is 11.2. The molecule has 12 heteroatoms. The molecule has 0 radical (unpaired) electrons. The quantitative estimate of drug-likeness (QED) is 0.110. The van der Waals surface area contributed by atoms with Gasteiger partial charge in [0.2, 0.25) is 5.15 Å². The Kier molecular flexibility index (Phi) is 6.46. The molecule has 2 bridgehead atoms. The number of rotatable bonds is 6. The van der Waals surface area contributed by atoms with E-state index in [9.17, 15) is 19.3 Å². The highest BCUT2D eigenvalue weighted by Gasteiger charge is 2.55. The van der Waals surface area contributed by atoms with E-state index >= 15 is 0 Å². The molecular formula is C19H18BrClFIN4O4. The van der Waals surface area contributed by atoms with Crippen LogP contribution in [0.2, 0.25) is 5.15 Å². The first-order valence-electron chi connectivity index (χ1n) is 9.75. The van der Waals surface area contributed by atoms with Gasteiger partial charge in [0.05, 0.1) is 28.1 Å². The van der Waals surface area contributed by atoms with E-state index in [0.29, 0.717) is 16.7 Å². The van der Waals surface area contributed by atoms with Crippen LogP contribution in [0.5, 0.6) is 0 Å². The van der Waals surface area contributed by atoms with E-state index in [1.54, 1.807) is 11.0 Å². The van der Waals surface area contributed by atoms with E-state index in [4.69, 9.17) is 16.3 Å². The molecule has 1 amide bonds. The van der Waals surface area contributed by atoms with Crippen molar-refractivity contribution in [2.75, 3.05) is 18.5 Å². The van der Waals surface area contributed by atoms with E-state index in [2.05, 4.69) is 26.2 Å². The Labute approximate surface area is 204 Å². The summed E-state index contributed by atoms with van der Waals surface area (Å²) in [5.41, 5.74) is -0.354. The molecule has 3 unspecified atom stereocenters. The van der Waals surface area contributed by atoms with Crippen LogP contribution in [0.1, 0.15) is 26.2 Å². The number of ether oxygens (including phenoxy) is 1. The third-order valence-electron chi connectivity index (χ3n) is 5.80. The van der Waals surface area contributed by atoms with Crippen LogP contribution < -0.4 is 5.32 Å². The molecule has 8 nitrogen and oxygen atoms in total. The Morgan fingerprint density at radius 3 is 3.00 bits per heavy atom. The Morgan fingerprint density at radius 1 is 1.58 bits per heavy atom. The van der Waals surface area contributed by atoms with Crippen molar-refractivity contribution in [3.63, 3.8) is 0 Å². The van der Waals surface area contributed by atoms with Gasteiger partial charge in [-0.25, -0.2) is 14.2 Å². The lowest BCUT2D eigenvalue weighted by atomic mass is 9.79. The van der Waals surface area contributed by atoms with Crippen molar-refractivity contribution in [1.29, 1.82) is 0 Å². The average molecular weight is 628 g/mol. The van der Waals surface area contributed by atoms with Gasteiger partial charge in [0.15, 0.2) is 5.82 Å². The van der Waals surface area contributed by atoms with Crippen molar-refractivity contribution in [1.82, 2.24) is 9.88 Å². The van der Waals surface area contributed by atoms with E-state index in [1.807, 2.05) is 29.5 Å². The second-order valence-corrected chi connectivity index (χ2v) is 9.93. The fourth-order valence-corrected chi connectivity index (χ4v) is 5.27. The molecule has 1 aliphatic carbocycles. The predicted octanol–water partition coefficient (Wildman–Crippen LogP) is 5.72. The molecule has 31 heavy (non-hydrogen) atoms. The molecule has 1 saturated carbocycles. The maximum atomic E-state index is 14.8. The number of amides is 1. The number of hydrogen-bond donors (Lipinski definition) is 1. The maximum Gasteiger partial charge on any atom is 0.410 e. The number of carbonyl (C=O) groups is 1. The van der Waals surface area contributed by atoms with Gasteiger partial charge in [-0.1, -0.05) is 24.9 Å². The predicted molar refractivity (Wildman–Crippen MR) is 126 cm³/mol. The summed E-state index contributed by atoms with van der Waals surface area (Å²) < 4.78 is 20.9. The second-order valence-electron chi connectivity index (χ2n) is 7.62. The lowest BCUT2D eigenvalue weighted by molar-refractivity contribution is -0.384. The number of nitro groups is 1. The van der Waals surface area contributed by atoms with Gasteiger partial charge in [0.25, 0.3) is 0 Å². The van der Waals surface area contributed by atoms with Crippen LogP contribution in [0.25, 0.3) is 10.9 Å². The molecule has 1 N–H and O–H groups in total. The molecule has 3 fully saturated rings. The number of halogens is 4. The third-order valence-corrected chi connectivity index (χ3v) is 8.43. The van der Waals surface area contributed by atoms with Crippen molar-refractivity contribution < 1.29 is 18.8 Å². The summed E-state index contributed by atoms with van der Waals surface area (Å²) in [5.74, 6) is -0.524. The van der Waals surface area contributed by atoms with Crippen LogP contribution in [-0.4, -0.2) is 46.1 Å². The number of aromatic nitrogens is 1. The number of anilines is 1. The lowest BCUT2D eigenvalue weighted by Gasteiger charge is -2.37. The zero-order valence-corrected chi connectivity index (χ0v) is 20.8. The average Bonchev–Trinajstić information content (AvgIpc) is 3.31. The van der Waals surface area contributed by atoms with Crippen molar-refractivity contribution in [3.05, 3.63) is 35.2 Å². The molecule has 166 valence electrons. The van der Waals surface area contributed by atoms with Gasteiger partial charge in [0.1, 0.15) is 11.2 Å². The molecular weight excluding hydrogens is 609 g/mol. The zero-order chi connectivity index (χ0) is 22.4. The van der Waals surface area contributed by atoms with Gasteiger partial charge in [-0.3, -0.25) is 10.1 Å². The normalized spacial score (nSPS) is 21.8. The summed E-state index contributed by atoms with van der Waals surface area (Å²) in [6.07, 6.45) is 2.13. The zero-order valence-electron chi connectivity index (χ0n) is 16.3. The first-order chi connectivity index (χ1) is 14.7. The van der Waals surface area contributed by atoms with E-state index in [-0.39, 0.29) is 45.2 Å². The number of unbranched alkanes of at least 4 members (excludes halogenated alkanes) is 1. The molecule has 3 atom stereocenters. The molecule has 2 saturated heterocycles. The van der Waals surface area contributed by atoms with Crippen LogP contribution in [0.3, 0.4) is 0 Å². The number of benzene rings is 1. The Morgan fingerprint density at radius 2 is 2.32 bits per heavy atom. The van der Waals surface area contributed by atoms with Gasteiger partial charge in [-0.2, -0.15) is 0 Å². The van der Waals surface area contributed by atoms with Crippen molar-refractivity contribution in [2.45, 2.75) is 38.3 Å².